The van der Waals surface area contributed by atoms with Gasteiger partial charge in [0.25, 0.3) is 0 Å². The van der Waals surface area contributed by atoms with E-state index in [0.29, 0.717) is 5.92 Å². The number of ether oxygens (including phenoxy) is 2. The lowest BCUT2D eigenvalue weighted by Crippen LogP contribution is -2.52. The Balaban J connectivity index is 0.00000300. The number of aliphatic imine (C=N–C) groups is 1. The second-order valence-electron chi connectivity index (χ2n) is 7.21. The second kappa shape index (κ2) is 13.6. The predicted octanol–water partition coefficient (Wildman–Crippen LogP) is 2.25. The first-order valence-electron chi connectivity index (χ1n) is 10.6. The third-order valence-electron chi connectivity index (χ3n) is 5.04. The summed E-state index contributed by atoms with van der Waals surface area (Å²) in [5, 5.41) is 4.48. The van der Waals surface area contributed by atoms with Gasteiger partial charge in [-0.05, 0) is 19.8 Å². The summed E-state index contributed by atoms with van der Waals surface area (Å²) in [4.78, 5) is 14.1. The first-order chi connectivity index (χ1) is 13.8. The van der Waals surface area contributed by atoms with E-state index in [1.807, 2.05) is 0 Å². The molecule has 3 rings (SSSR count). The SMILES string of the molecule is CCNC(=NCCCOCC1CCOC1)N1CCN(c2nc(CC)ns2)CC1.I. The monoisotopic (exact) mass is 538 g/mol. The van der Waals surface area contributed by atoms with Gasteiger partial charge >= 0.3 is 0 Å². The first kappa shape index (κ1) is 24.5. The number of anilines is 1. The highest BCUT2D eigenvalue weighted by molar-refractivity contribution is 14.0. The van der Waals surface area contributed by atoms with Crippen LogP contribution in [0.15, 0.2) is 4.99 Å². The van der Waals surface area contributed by atoms with Crippen LogP contribution in [0.2, 0.25) is 0 Å². The zero-order valence-corrected chi connectivity index (χ0v) is 20.8. The summed E-state index contributed by atoms with van der Waals surface area (Å²) in [5.74, 6) is 2.54. The van der Waals surface area contributed by atoms with Crippen LogP contribution >= 0.6 is 35.5 Å². The van der Waals surface area contributed by atoms with Gasteiger partial charge < -0.3 is 24.6 Å². The minimum atomic E-state index is 0. The molecule has 0 amide bonds. The average molecular weight is 539 g/mol. The molecule has 0 aliphatic carbocycles. The molecule has 1 atom stereocenters. The summed E-state index contributed by atoms with van der Waals surface area (Å²) in [5.41, 5.74) is 0. The molecule has 0 radical (unpaired) electrons. The molecule has 2 saturated heterocycles. The molecule has 2 aliphatic heterocycles. The molecule has 0 spiro atoms. The number of hydrogen-bond acceptors (Lipinski definition) is 7. The van der Waals surface area contributed by atoms with Crippen molar-refractivity contribution in [2.24, 2.45) is 10.9 Å². The Morgan fingerprint density at radius 2 is 2.14 bits per heavy atom. The molecule has 3 heterocycles. The summed E-state index contributed by atoms with van der Waals surface area (Å²) < 4.78 is 15.6. The number of aromatic nitrogens is 2. The van der Waals surface area contributed by atoms with Crippen LogP contribution in [0.3, 0.4) is 0 Å². The van der Waals surface area contributed by atoms with E-state index in [-0.39, 0.29) is 24.0 Å². The van der Waals surface area contributed by atoms with E-state index in [1.165, 1.54) is 11.5 Å². The number of rotatable bonds is 9. The number of guanidine groups is 1. The van der Waals surface area contributed by atoms with Crippen LogP contribution in [0.1, 0.15) is 32.5 Å². The quantitative estimate of drug-likeness (QED) is 0.224. The average Bonchev–Trinajstić information content (AvgIpc) is 3.42. The third kappa shape index (κ3) is 7.80. The van der Waals surface area contributed by atoms with Crippen molar-refractivity contribution in [2.75, 3.05) is 70.6 Å². The molecule has 2 fully saturated rings. The Kier molecular flexibility index (Phi) is 11.5. The van der Waals surface area contributed by atoms with E-state index >= 15 is 0 Å². The van der Waals surface area contributed by atoms with Gasteiger partial charge in [0, 0.05) is 76.4 Å². The Morgan fingerprint density at radius 3 is 2.79 bits per heavy atom. The van der Waals surface area contributed by atoms with Gasteiger partial charge in [-0.1, -0.05) is 6.92 Å². The Labute approximate surface area is 195 Å². The molecule has 8 nitrogen and oxygen atoms in total. The first-order valence-corrected chi connectivity index (χ1v) is 11.3. The molecule has 166 valence electrons. The van der Waals surface area contributed by atoms with Crippen molar-refractivity contribution in [3.05, 3.63) is 5.82 Å². The predicted molar refractivity (Wildman–Crippen MR) is 129 cm³/mol. The van der Waals surface area contributed by atoms with Crippen molar-refractivity contribution in [3.8, 4) is 0 Å². The summed E-state index contributed by atoms with van der Waals surface area (Å²) in [6, 6.07) is 0. The summed E-state index contributed by atoms with van der Waals surface area (Å²) in [6.45, 7) is 13.0. The summed E-state index contributed by atoms with van der Waals surface area (Å²) in [7, 11) is 0. The minimum absolute atomic E-state index is 0. The van der Waals surface area contributed by atoms with Gasteiger partial charge in [0.15, 0.2) is 5.96 Å². The van der Waals surface area contributed by atoms with Crippen molar-refractivity contribution in [2.45, 2.75) is 33.1 Å². The van der Waals surface area contributed by atoms with E-state index in [4.69, 9.17) is 14.5 Å². The smallest absolute Gasteiger partial charge is 0.205 e. The van der Waals surface area contributed by atoms with E-state index in [2.05, 4.69) is 38.3 Å². The van der Waals surface area contributed by atoms with Crippen molar-refractivity contribution >= 4 is 46.6 Å². The molecular weight excluding hydrogens is 503 g/mol. The Bertz CT molecular complexity index is 603. The number of aryl methyl sites for hydroxylation is 1. The molecule has 0 saturated carbocycles. The van der Waals surface area contributed by atoms with E-state index in [1.54, 1.807) is 0 Å². The van der Waals surface area contributed by atoms with Gasteiger partial charge in [-0.25, -0.2) is 4.98 Å². The van der Waals surface area contributed by atoms with Crippen LogP contribution in [-0.2, 0) is 15.9 Å². The zero-order valence-electron chi connectivity index (χ0n) is 17.6. The van der Waals surface area contributed by atoms with Crippen molar-refractivity contribution in [3.63, 3.8) is 0 Å². The van der Waals surface area contributed by atoms with Crippen LogP contribution in [-0.4, -0.2) is 85.9 Å². The van der Waals surface area contributed by atoms with Crippen LogP contribution in [0.25, 0.3) is 0 Å². The van der Waals surface area contributed by atoms with Gasteiger partial charge in [0.2, 0.25) is 5.13 Å². The number of piperazine rings is 1. The van der Waals surface area contributed by atoms with Crippen LogP contribution in [0.4, 0.5) is 5.13 Å². The number of halogens is 1. The van der Waals surface area contributed by atoms with E-state index in [9.17, 15) is 0 Å². The van der Waals surface area contributed by atoms with Gasteiger partial charge in [-0.3, -0.25) is 4.99 Å². The van der Waals surface area contributed by atoms with Crippen LogP contribution < -0.4 is 10.2 Å². The summed E-state index contributed by atoms with van der Waals surface area (Å²) in [6.07, 6.45) is 2.98. The number of nitrogens with one attached hydrogen (secondary N) is 1. The molecule has 29 heavy (non-hydrogen) atoms. The van der Waals surface area contributed by atoms with Gasteiger partial charge in [-0.2, -0.15) is 4.37 Å². The van der Waals surface area contributed by atoms with E-state index in [0.717, 1.165) is 102 Å². The Morgan fingerprint density at radius 1 is 1.31 bits per heavy atom. The van der Waals surface area contributed by atoms with Crippen molar-refractivity contribution in [1.29, 1.82) is 0 Å². The number of hydrogen-bond donors (Lipinski definition) is 1. The highest BCUT2D eigenvalue weighted by Crippen LogP contribution is 2.19. The lowest BCUT2D eigenvalue weighted by atomic mass is 10.1. The zero-order chi connectivity index (χ0) is 19.6. The standard InChI is InChI=1S/C19H34N6O2S.HI/c1-3-17-22-19(28-23-17)25-10-8-24(9-11-25)18(20-4-2)21-7-5-12-26-14-16-6-13-27-15-16;/h16H,3-15H2,1-2H3,(H,20,21);1H. The molecule has 0 aromatic carbocycles. The molecule has 1 aromatic heterocycles. The lowest BCUT2D eigenvalue weighted by Gasteiger charge is -2.36. The van der Waals surface area contributed by atoms with Gasteiger partial charge in [0.05, 0.1) is 13.2 Å². The maximum Gasteiger partial charge on any atom is 0.205 e. The van der Waals surface area contributed by atoms with Crippen molar-refractivity contribution < 1.29 is 9.47 Å². The summed E-state index contributed by atoms with van der Waals surface area (Å²) >= 11 is 1.51. The topological polar surface area (TPSA) is 75.1 Å². The molecule has 1 aromatic rings. The molecule has 2 aliphatic rings. The molecule has 1 N–H and O–H groups in total. The number of nitrogens with zero attached hydrogens (tertiary/aromatic N) is 5. The normalized spacial score (nSPS) is 20.1. The van der Waals surface area contributed by atoms with Crippen LogP contribution in [0.5, 0.6) is 0 Å². The highest BCUT2D eigenvalue weighted by atomic mass is 127. The van der Waals surface area contributed by atoms with Gasteiger partial charge in [-0.15, -0.1) is 24.0 Å². The Hall–Kier alpha value is -0.720. The molecule has 10 heteroatoms. The minimum Gasteiger partial charge on any atom is -0.381 e. The fourth-order valence-corrected chi connectivity index (χ4v) is 4.17. The molecular formula is C19H35IN6O2S. The largest absolute Gasteiger partial charge is 0.381 e. The molecule has 1 unspecified atom stereocenters. The highest BCUT2D eigenvalue weighted by Gasteiger charge is 2.22. The second-order valence-corrected chi connectivity index (χ2v) is 7.94. The van der Waals surface area contributed by atoms with Crippen LogP contribution in [0, 0.1) is 5.92 Å². The van der Waals surface area contributed by atoms with Gasteiger partial charge in [0.1, 0.15) is 5.82 Å². The maximum atomic E-state index is 5.78. The van der Waals surface area contributed by atoms with E-state index < -0.39 is 0 Å². The fourth-order valence-electron chi connectivity index (χ4n) is 3.37. The maximum absolute atomic E-state index is 5.78. The van der Waals surface area contributed by atoms with Crippen molar-refractivity contribution in [1.82, 2.24) is 19.6 Å². The molecule has 0 bridgehead atoms. The lowest BCUT2D eigenvalue weighted by molar-refractivity contribution is 0.0893. The third-order valence-corrected chi connectivity index (χ3v) is 5.86. The fraction of sp³-hybridized carbons (Fsp3) is 0.842.